The van der Waals surface area contributed by atoms with Gasteiger partial charge in [0.15, 0.2) is 0 Å². The molecule has 0 saturated carbocycles. The first kappa shape index (κ1) is 16.9. The molecule has 6 nitrogen and oxygen atoms in total. The van der Waals surface area contributed by atoms with Crippen molar-refractivity contribution < 1.29 is 14.3 Å². The van der Waals surface area contributed by atoms with E-state index in [1.165, 1.54) is 0 Å². The Labute approximate surface area is 136 Å². The van der Waals surface area contributed by atoms with Crippen molar-refractivity contribution >= 4 is 5.91 Å². The van der Waals surface area contributed by atoms with Gasteiger partial charge in [-0.2, -0.15) is 5.10 Å². The highest BCUT2D eigenvalue weighted by molar-refractivity contribution is 5.95. The third-order valence-electron chi connectivity index (χ3n) is 4.10. The lowest BCUT2D eigenvalue weighted by Crippen LogP contribution is -2.27. The molecule has 0 radical (unpaired) electrons. The predicted octanol–water partition coefficient (Wildman–Crippen LogP) is 2.55. The number of methoxy groups -OCH3 is 2. The SMILES string of the molecule is COc1cc(C(=O)N[C@@H](C)c2cnn(C)c2C)cc(OC)c1C. The Kier molecular flexibility index (Phi) is 4.93. The molecule has 2 aromatic rings. The minimum absolute atomic E-state index is 0.144. The Morgan fingerprint density at radius 1 is 1.22 bits per heavy atom. The van der Waals surface area contributed by atoms with Crippen LogP contribution in [-0.4, -0.2) is 29.9 Å². The van der Waals surface area contributed by atoms with Crippen LogP contribution in [0.4, 0.5) is 0 Å². The van der Waals surface area contributed by atoms with Crippen LogP contribution in [0.15, 0.2) is 18.3 Å². The van der Waals surface area contributed by atoms with E-state index in [-0.39, 0.29) is 11.9 Å². The molecule has 2 rings (SSSR count). The second-order valence-electron chi connectivity index (χ2n) is 5.51. The molecule has 23 heavy (non-hydrogen) atoms. The van der Waals surface area contributed by atoms with Gasteiger partial charge in [-0.25, -0.2) is 0 Å². The highest BCUT2D eigenvalue weighted by Crippen LogP contribution is 2.29. The van der Waals surface area contributed by atoms with Crippen molar-refractivity contribution in [2.24, 2.45) is 7.05 Å². The van der Waals surface area contributed by atoms with Gasteiger partial charge >= 0.3 is 0 Å². The standard InChI is InChI=1S/C17H23N3O3/c1-10-15(22-5)7-13(8-16(10)23-6)17(21)19-11(2)14-9-18-20(4)12(14)3/h7-9,11H,1-6H3,(H,19,21)/t11-/m0/s1. The quantitative estimate of drug-likeness (QED) is 0.920. The number of ether oxygens (including phenoxy) is 2. The number of carbonyl (C=O) groups excluding carboxylic acids is 1. The fourth-order valence-electron chi connectivity index (χ4n) is 2.52. The Morgan fingerprint density at radius 3 is 2.22 bits per heavy atom. The molecule has 1 aromatic carbocycles. The molecule has 0 aliphatic carbocycles. The zero-order valence-electron chi connectivity index (χ0n) is 14.4. The maximum atomic E-state index is 12.5. The lowest BCUT2D eigenvalue weighted by Gasteiger charge is -2.16. The second kappa shape index (κ2) is 6.73. The van der Waals surface area contributed by atoms with E-state index in [1.54, 1.807) is 37.2 Å². The maximum Gasteiger partial charge on any atom is 0.252 e. The largest absolute Gasteiger partial charge is 0.496 e. The van der Waals surface area contributed by atoms with Crippen molar-refractivity contribution in [2.45, 2.75) is 26.8 Å². The Balaban J connectivity index is 2.25. The molecule has 1 amide bonds. The highest BCUT2D eigenvalue weighted by Gasteiger charge is 2.18. The van der Waals surface area contributed by atoms with Gasteiger partial charge in [-0.3, -0.25) is 9.48 Å². The van der Waals surface area contributed by atoms with E-state index < -0.39 is 0 Å². The van der Waals surface area contributed by atoms with E-state index in [0.29, 0.717) is 17.1 Å². The summed E-state index contributed by atoms with van der Waals surface area (Å²) in [6.07, 6.45) is 1.77. The monoisotopic (exact) mass is 317 g/mol. The minimum Gasteiger partial charge on any atom is -0.496 e. The molecular weight excluding hydrogens is 294 g/mol. The van der Waals surface area contributed by atoms with Gasteiger partial charge in [0.25, 0.3) is 5.91 Å². The fraction of sp³-hybridized carbons (Fsp3) is 0.412. The van der Waals surface area contributed by atoms with E-state index in [0.717, 1.165) is 16.8 Å². The zero-order valence-corrected chi connectivity index (χ0v) is 14.4. The molecule has 0 saturated heterocycles. The van der Waals surface area contributed by atoms with Crippen LogP contribution in [0.5, 0.6) is 11.5 Å². The molecule has 0 fully saturated rings. The van der Waals surface area contributed by atoms with E-state index in [1.807, 2.05) is 27.8 Å². The molecule has 1 N–H and O–H groups in total. The summed E-state index contributed by atoms with van der Waals surface area (Å²) < 4.78 is 12.4. The Morgan fingerprint density at radius 2 is 1.78 bits per heavy atom. The van der Waals surface area contributed by atoms with Crippen LogP contribution in [0.25, 0.3) is 0 Å². The number of amides is 1. The van der Waals surface area contributed by atoms with E-state index in [4.69, 9.17) is 9.47 Å². The number of rotatable bonds is 5. The van der Waals surface area contributed by atoms with E-state index in [2.05, 4.69) is 10.4 Å². The molecule has 1 atom stereocenters. The maximum absolute atomic E-state index is 12.5. The lowest BCUT2D eigenvalue weighted by atomic mass is 10.1. The second-order valence-corrected chi connectivity index (χ2v) is 5.51. The summed E-state index contributed by atoms with van der Waals surface area (Å²) >= 11 is 0. The summed E-state index contributed by atoms with van der Waals surface area (Å²) in [5.74, 6) is 1.07. The third-order valence-corrected chi connectivity index (χ3v) is 4.10. The summed E-state index contributed by atoms with van der Waals surface area (Å²) in [4.78, 5) is 12.5. The first-order valence-electron chi connectivity index (χ1n) is 7.41. The van der Waals surface area contributed by atoms with Gasteiger partial charge in [-0.15, -0.1) is 0 Å². The van der Waals surface area contributed by atoms with Gasteiger partial charge < -0.3 is 14.8 Å². The van der Waals surface area contributed by atoms with Gasteiger partial charge in [0.1, 0.15) is 11.5 Å². The highest BCUT2D eigenvalue weighted by atomic mass is 16.5. The van der Waals surface area contributed by atoms with Gasteiger partial charge in [-0.05, 0) is 32.9 Å². The fourth-order valence-corrected chi connectivity index (χ4v) is 2.52. The number of benzene rings is 1. The first-order chi connectivity index (χ1) is 10.9. The van der Waals surface area contributed by atoms with Crippen molar-refractivity contribution in [3.63, 3.8) is 0 Å². The van der Waals surface area contributed by atoms with Crippen LogP contribution < -0.4 is 14.8 Å². The average molecular weight is 317 g/mol. The van der Waals surface area contributed by atoms with Crippen molar-refractivity contribution in [1.82, 2.24) is 15.1 Å². The topological polar surface area (TPSA) is 65.4 Å². The van der Waals surface area contributed by atoms with Crippen molar-refractivity contribution in [1.29, 1.82) is 0 Å². The molecule has 6 heteroatoms. The number of aryl methyl sites for hydroxylation is 1. The van der Waals surface area contributed by atoms with Crippen LogP contribution in [0.1, 0.15) is 40.1 Å². The number of nitrogens with zero attached hydrogens (tertiary/aromatic N) is 2. The molecule has 0 bridgehead atoms. The number of hydrogen-bond acceptors (Lipinski definition) is 4. The number of carbonyl (C=O) groups is 1. The van der Waals surface area contributed by atoms with Crippen LogP contribution in [0.3, 0.4) is 0 Å². The Hall–Kier alpha value is -2.50. The molecule has 0 aliphatic rings. The lowest BCUT2D eigenvalue weighted by molar-refractivity contribution is 0.0939. The summed E-state index contributed by atoms with van der Waals surface area (Å²) in [6.45, 7) is 5.80. The molecule has 0 aliphatic heterocycles. The number of hydrogen-bond donors (Lipinski definition) is 1. The molecule has 0 spiro atoms. The molecule has 124 valence electrons. The average Bonchev–Trinajstić information content (AvgIpc) is 2.87. The van der Waals surface area contributed by atoms with Gasteiger partial charge in [0.05, 0.1) is 26.5 Å². The van der Waals surface area contributed by atoms with Crippen LogP contribution in [-0.2, 0) is 7.05 Å². The molecule has 0 unspecified atom stereocenters. The summed E-state index contributed by atoms with van der Waals surface area (Å²) in [5.41, 5.74) is 3.38. The molecule has 1 heterocycles. The summed E-state index contributed by atoms with van der Waals surface area (Å²) in [5, 5.41) is 7.19. The summed E-state index contributed by atoms with van der Waals surface area (Å²) in [6, 6.07) is 3.29. The smallest absolute Gasteiger partial charge is 0.252 e. The van der Waals surface area contributed by atoms with Crippen molar-refractivity contribution in [2.75, 3.05) is 14.2 Å². The molecular formula is C17H23N3O3. The Bertz CT molecular complexity index is 697. The van der Waals surface area contributed by atoms with Gasteiger partial charge in [0.2, 0.25) is 0 Å². The normalized spacial score (nSPS) is 11.9. The first-order valence-corrected chi connectivity index (χ1v) is 7.41. The van der Waals surface area contributed by atoms with Crippen LogP contribution in [0.2, 0.25) is 0 Å². The number of aromatic nitrogens is 2. The van der Waals surface area contributed by atoms with E-state index >= 15 is 0 Å². The van der Waals surface area contributed by atoms with E-state index in [9.17, 15) is 4.79 Å². The predicted molar refractivity (Wildman–Crippen MR) is 88.1 cm³/mol. The zero-order chi connectivity index (χ0) is 17.1. The van der Waals surface area contributed by atoms with Crippen molar-refractivity contribution in [3.05, 3.63) is 40.7 Å². The molecule has 1 aromatic heterocycles. The van der Waals surface area contributed by atoms with Gasteiger partial charge in [0, 0.05) is 29.4 Å². The minimum atomic E-state index is -0.183. The third kappa shape index (κ3) is 3.31. The van der Waals surface area contributed by atoms with Crippen LogP contribution in [0, 0.1) is 13.8 Å². The van der Waals surface area contributed by atoms with Gasteiger partial charge in [-0.1, -0.05) is 0 Å². The summed E-state index contributed by atoms with van der Waals surface area (Å²) in [7, 11) is 5.03. The van der Waals surface area contributed by atoms with Crippen LogP contribution >= 0.6 is 0 Å². The number of nitrogens with one attached hydrogen (secondary N) is 1. The van der Waals surface area contributed by atoms with Crippen molar-refractivity contribution in [3.8, 4) is 11.5 Å².